The van der Waals surface area contributed by atoms with E-state index in [1.54, 1.807) is 0 Å². The second-order valence-corrected chi connectivity index (χ2v) is 6.57. The largest absolute Gasteiger partial charge is 0.310 e. The SMILES string of the molecule is CCCNC(c1cnn(CCC)c1)C1CCCCCCC1. The van der Waals surface area contributed by atoms with Gasteiger partial charge < -0.3 is 5.32 Å². The van der Waals surface area contributed by atoms with Gasteiger partial charge in [-0.2, -0.15) is 5.10 Å². The van der Waals surface area contributed by atoms with Crippen molar-refractivity contribution in [2.45, 2.75) is 84.2 Å². The first-order valence-electron chi connectivity index (χ1n) is 9.10. The lowest BCUT2D eigenvalue weighted by atomic mass is 9.83. The molecule has 1 aromatic heterocycles. The van der Waals surface area contributed by atoms with Crippen LogP contribution >= 0.6 is 0 Å². The zero-order valence-corrected chi connectivity index (χ0v) is 14.0. The Balaban J connectivity index is 2.06. The van der Waals surface area contributed by atoms with Crippen LogP contribution in [-0.4, -0.2) is 16.3 Å². The van der Waals surface area contributed by atoms with Crippen molar-refractivity contribution in [3.8, 4) is 0 Å². The molecule has 1 aliphatic rings. The molecule has 120 valence electrons. The first kappa shape index (κ1) is 16.5. The molecule has 3 nitrogen and oxygen atoms in total. The number of hydrogen-bond acceptors (Lipinski definition) is 2. The van der Waals surface area contributed by atoms with Crippen molar-refractivity contribution in [1.82, 2.24) is 15.1 Å². The molecule has 1 unspecified atom stereocenters. The van der Waals surface area contributed by atoms with Crippen LogP contribution < -0.4 is 5.32 Å². The van der Waals surface area contributed by atoms with Gasteiger partial charge in [-0.25, -0.2) is 0 Å². The fourth-order valence-corrected chi connectivity index (χ4v) is 3.57. The Morgan fingerprint density at radius 3 is 2.52 bits per heavy atom. The van der Waals surface area contributed by atoms with Crippen molar-refractivity contribution < 1.29 is 0 Å². The first-order chi connectivity index (χ1) is 10.3. The molecule has 0 radical (unpaired) electrons. The molecule has 0 spiro atoms. The van der Waals surface area contributed by atoms with E-state index in [2.05, 4.69) is 41.3 Å². The van der Waals surface area contributed by atoms with E-state index >= 15 is 0 Å². The normalized spacial score (nSPS) is 19.1. The summed E-state index contributed by atoms with van der Waals surface area (Å²) in [5.41, 5.74) is 1.41. The second kappa shape index (κ2) is 9.24. The van der Waals surface area contributed by atoms with Gasteiger partial charge in [-0.1, -0.05) is 46.0 Å². The van der Waals surface area contributed by atoms with Crippen molar-refractivity contribution in [3.05, 3.63) is 18.0 Å². The van der Waals surface area contributed by atoms with Crippen molar-refractivity contribution in [2.24, 2.45) is 5.92 Å². The van der Waals surface area contributed by atoms with Gasteiger partial charge in [0.25, 0.3) is 0 Å². The molecule has 1 aromatic rings. The highest BCUT2D eigenvalue weighted by molar-refractivity contribution is 5.12. The predicted octanol–water partition coefficient (Wildman–Crippen LogP) is 4.69. The van der Waals surface area contributed by atoms with Crippen LogP contribution in [0.5, 0.6) is 0 Å². The highest BCUT2D eigenvalue weighted by Crippen LogP contribution is 2.32. The summed E-state index contributed by atoms with van der Waals surface area (Å²) in [5.74, 6) is 0.788. The van der Waals surface area contributed by atoms with Gasteiger partial charge in [0.2, 0.25) is 0 Å². The van der Waals surface area contributed by atoms with Crippen LogP contribution in [0.2, 0.25) is 0 Å². The molecule has 1 heterocycles. The van der Waals surface area contributed by atoms with Crippen LogP contribution in [-0.2, 0) is 6.54 Å². The van der Waals surface area contributed by atoms with Crippen LogP contribution in [0, 0.1) is 5.92 Å². The molecule has 21 heavy (non-hydrogen) atoms. The average molecular weight is 291 g/mol. The molecular formula is C18H33N3. The molecule has 0 aliphatic heterocycles. The van der Waals surface area contributed by atoms with Gasteiger partial charge in [0, 0.05) is 24.3 Å². The lowest BCUT2D eigenvalue weighted by Gasteiger charge is -2.29. The highest BCUT2D eigenvalue weighted by Gasteiger charge is 2.24. The quantitative estimate of drug-likeness (QED) is 0.789. The van der Waals surface area contributed by atoms with Gasteiger partial charge in [-0.15, -0.1) is 0 Å². The van der Waals surface area contributed by atoms with Gasteiger partial charge in [0.1, 0.15) is 0 Å². The van der Waals surface area contributed by atoms with E-state index in [0.717, 1.165) is 25.4 Å². The van der Waals surface area contributed by atoms with Gasteiger partial charge >= 0.3 is 0 Å². The van der Waals surface area contributed by atoms with Crippen molar-refractivity contribution in [2.75, 3.05) is 6.54 Å². The summed E-state index contributed by atoms with van der Waals surface area (Å²) in [6, 6.07) is 0.508. The van der Waals surface area contributed by atoms with Crippen LogP contribution in [0.25, 0.3) is 0 Å². The fourth-order valence-electron chi connectivity index (χ4n) is 3.57. The minimum atomic E-state index is 0.508. The molecule has 1 atom stereocenters. The topological polar surface area (TPSA) is 29.9 Å². The molecule has 1 fully saturated rings. The maximum Gasteiger partial charge on any atom is 0.0537 e. The summed E-state index contributed by atoms with van der Waals surface area (Å²) in [4.78, 5) is 0. The zero-order valence-electron chi connectivity index (χ0n) is 14.0. The van der Waals surface area contributed by atoms with Gasteiger partial charge in [-0.3, -0.25) is 4.68 Å². The number of aromatic nitrogens is 2. The number of aryl methyl sites for hydroxylation is 1. The van der Waals surface area contributed by atoms with Gasteiger partial charge in [0.15, 0.2) is 0 Å². The Morgan fingerprint density at radius 1 is 1.14 bits per heavy atom. The number of nitrogens with zero attached hydrogens (tertiary/aromatic N) is 2. The molecule has 0 bridgehead atoms. The van der Waals surface area contributed by atoms with Gasteiger partial charge in [0.05, 0.1) is 6.20 Å². The highest BCUT2D eigenvalue weighted by atomic mass is 15.3. The molecule has 0 amide bonds. The Morgan fingerprint density at radius 2 is 1.86 bits per heavy atom. The molecule has 1 aliphatic carbocycles. The number of hydrogen-bond donors (Lipinski definition) is 1. The number of rotatable bonds is 7. The van der Waals surface area contributed by atoms with E-state index in [1.165, 1.54) is 56.9 Å². The molecule has 2 rings (SSSR count). The van der Waals surface area contributed by atoms with Crippen LogP contribution in [0.1, 0.15) is 83.2 Å². The second-order valence-electron chi connectivity index (χ2n) is 6.57. The monoisotopic (exact) mass is 291 g/mol. The third kappa shape index (κ3) is 5.14. The fraction of sp³-hybridized carbons (Fsp3) is 0.833. The van der Waals surface area contributed by atoms with E-state index in [1.807, 2.05) is 0 Å². The van der Waals surface area contributed by atoms with Crippen molar-refractivity contribution in [1.29, 1.82) is 0 Å². The molecule has 1 saturated carbocycles. The summed E-state index contributed by atoms with van der Waals surface area (Å²) >= 11 is 0. The smallest absolute Gasteiger partial charge is 0.0537 e. The summed E-state index contributed by atoms with van der Waals surface area (Å²) in [7, 11) is 0. The minimum Gasteiger partial charge on any atom is -0.310 e. The maximum atomic E-state index is 4.55. The Hall–Kier alpha value is -0.830. The average Bonchev–Trinajstić information content (AvgIpc) is 2.90. The lowest BCUT2D eigenvalue weighted by Crippen LogP contribution is -2.29. The van der Waals surface area contributed by atoms with E-state index in [4.69, 9.17) is 0 Å². The Kier molecular flexibility index (Phi) is 7.28. The molecule has 3 heteroatoms. The summed E-state index contributed by atoms with van der Waals surface area (Å²) in [6.45, 7) is 6.61. The Labute approximate surface area is 130 Å². The van der Waals surface area contributed by atoms with Crippen LogP contribution in [0.15, 0.2) is 12.4 Å². The predicted molar refractivity (Wildman–Crippen MR) is 89.4 cm³/mol. The molecule has 0 aromatic carbocycles. The maximum absolute atomic E-state index is 4.55. The standard InChI is InChI=1S/C18H33N3/c1-3-12-19-18(16-10-8-6-5-7-9-11-16)17-14-20-21(15-17)13-4-2/h14-16,18-19H,3-13H2,1-2H3. The molecule has 0 saturated heterocycles. The molecular weight excluding hydrogens is 258 g/mol. The molecule has 1 N–H and O–H groups in total. The minimum absolute atomic E-state index is 0.508. The summed E-state index contributed by atoms with van der Waals surface area (Å²) in [5, 5.41) is 8.35. The van der Waals surface area contributed by atoms with Crippen molar-refractivity contribution >= 4 is 0 Å². The van der Waals surface area contributed by atoms with E-state index < -0.39 is 0 Å². The number of nitrogens with one attached hydrogen (secondary N) is 1. The zero-order chi connectivity index (χ0) is 14.9. The summed E-state index contributed by atoms with van der Waals surface area (Å²) < 4.78 is 2.11. The van der Waals surface area contributed by atoms with Gasteiger partial charge in [-0.05, 0) is 38.1 Å². The van der Waals surface area contributed by atoms with Crippen LogP contribution in [0.4, 0.5) is 0 Å². The third-order valence-electron chi connectivity index (χ3n) is 4.70. The summed E-state index contributed by atoms with van der Waals surface area (Å²) in [6.07, 6.45) is 16.6. The van der Waals surface area contributed by atoms with E-state index in [9.17, 15) is 0 Å². The lowest BCUT2D eigenvalue weighted by molar-refractivity contribution is 0.288. The first-order valence-corrected chi connectivity index (χ1v) is 9.10. The van der Waals surface area contributed by atoms with E-state index in [-0.39, 0.29) is 0 Å². The Bertz CT molecular complexity index is 378. The van der Waals surface area contributed by atoms with Crippen LogP contribution in [0.3, 0.4) is 0 Å². The van der Waals surface area contributed by atoms with Crippen molar-refractivity contribution in [3.63, 3.8) is 0 Å². The van der Waals surface area contributed by atoms with E-state index in [0.29, 0.717) is 6.04 Å². The third-order valence-corrected chi connectivity index (χ3v) is 4.70.